The lowest BCUT2D eigenvalue weighted by atomic mass is 10.1. The first-order valence-corrected chi connectivity index (χ1v) is 8.91. The maximum atomic E-state index is 13.8. The monoisotopic (exact) mass is 410 g/mol. The van der Waals surface area contributed by atoms with Crippen molar-refractivity contribution >= 4 is 38.9 Å². The summed E-state index contributed by atoms with van der Waals surface area (Å²) in [6.07, 6.45) is -4.52. The predicted octanol–water partition coefficient (Wildman–Crippen LogP) is 4.89. The summed E-state index contributed by atoms with van der Waals surface area (Å²) in [5.41, 5.74) is 0.878. The summed E-state index contributed by atoms with van der Waals surface area (Å²) in [6.45, 7) is 0.229. The van der Waals surface area contributed by atoms with E-state index in [9.17, 15) is 27.2 Å². The number of hydrogen-bond acceptors (Lipinski definition) is 3. The largest absolute Gasteiger partial charge is 0.405 e. The Hall–Kier alpha value is -2.94. The van der Waals surface area contributed by atoms with Gasteiger partial charge in [-0.05, 0) is 42.8 Å². The van der Waals surface area contributed by atoms with E-state index in [1.807, 2.05) is 0 Å². The highest BCUT2D eigenvalue weighted by atomic mass is 32.1. The molecule has 3 rings (SSSR count). The molecule has 28 heavy (non-hydrogen) atoms. The number of carbonyl (C=O) groups excluding carboxylic acids is 2. The molecule has 2 aromatic carbocycles. The third-order valence-corrected chi connectivity index (χ3v) is 5.03. The molecule has 3 aromatic rings. The van der Waals surface area contributed by atoms with Gasteiger partial charge in [0, 0.05) is 21.3 Å². The first-order chi connectivity index (χ1) is 13.1. The minimum Gasteiger partial charge on any atom is -0.343 e. The predicted molar refractivity (Wildman–Crippen MR) is 99.3 cm³/mol. The van der Waals surface area contributed by atoms with Gasteiger partial charge in [0.15, 0.2) is 0 Å². The van der Waals surface area contributed by atoms with Crippen molar-refractivity contribution in [3.63, 3.8) is 0 Å². The first-order valence-electron chi connectivity index (χ1n) is 8.09. The lowest BCUT2D eigenvalue weighted by Gasteiger charge is -2.11. The van der Waals surface area contributed by atoms with E-state index < -0.39 is 30.4 Å². The van der Waals surface area contributed by atoms with Crippen LogP contribution in [0.5, 0.6) is 0 Å². The molecule has 2 N–H and O–H groups in total. The molecule has 0 saturated carbocycles. The number of alkyl halides is 3. The summed E-state index contributed by atoms with van der Waals surface area (Å²) in [7, 11) is 0. The number of halogens is 4. The number of rotatable bonds is 4. The van der Waals surface area contributed by atoms with Crippen LogP contribution in [0.25, 0.3) is 10.1 Å². The summed E-state index contributed by atoms with van der Waals surface area (Å²) < 4.78 is 51.2. The fraction of sp³-hybridized carbons (Fsp3) is 0.158. The number of nitrogens with one attached hydrogen (secondary N) is 2. The normalized spacial score (nSPS) is 11.5. The number of amides is 2. The van der Waals surface area contributed by atoms with Crippen molar-refractivity contribution in [2.45, 2.75) is 13.1 Å². The second-order valence-corrected chi connectivity index (χ2v) is 7.13. The SMILES string of the molecule is Cc1ccc(C(=O)NCC(F)(F)F)cc1NC(=O)c1cc2c(F)cccc2s1. The van der Waals surface area contributed by atoms with Gasteiger partial charge in [-0.1, -0.05) is 12.1 Å². The van der Waals surface area contributed by atoms with Crippen molar-refractivity contribution < 1.29 is 27.2 Å². The average molecular weight is 410 g/mol. The summed E-state index contributed by atoms with van der Waals surface area (Å²) >= 11 is 1.11. The maximum absolute atomic E-state index is 13.8. The van der Waals surface area contributed by atoms with E-state index in [1.165, 1.54) is 30.3 Å². The van der Waals surface area contributed by atoms with Crippen molar-refractivity contribution in [2.75, 3.05) is 11.9 Å². The quantitative estimate of drug-likeness (QED) is 0.602. The lowest BCUT2D eigenvalue weighted by molar-refractivity contribution is -0.123. The molecule has 0 aliphatic rings. The van der Waals surface area contributed by atoms with Gasteiger partial charge in [-0.15, -0.1) is 11.3 Å². The van der Waals surface area contributed by atoms with Crippen molar-refractivity contribution in [1.82, 2.24) is 5.32 Å². The molecule has 0 bridgehead atoms. The molecule has 0 spiro atoms. The summed E-state index contributed by atoms with van der Waals surface area (Å²) in [5, 5.41) is 4.73. The van der Waals surface area contributed by atoms with Gasteiger partial charge in [-0.2, -0.15) is 13.2 Å². The van der Waals surface area contributed by atoms with Crippen molar-refractivity contribution in [1.29, 1.82) is 0 Å². The van der Waals surface area contributed by atoms with E-state index in [-0.39, 0.29) is 16.1 Å². The summed E-state index contributed by atoms with van der Waals surface area (Å²) in [5.74, 6) is -1.85. The second-order valence-electron chi connectivity index (χ2n) is 6.04. The van der Waals surface area contributed by atoms with Gasteiger partial charge < -0.3 is 10.6 Å². The van der Waals surface area contributed by atoms with Crippen molar-refractivity contribution in [3.05, 3.63) is 64.3 Å². The molecule has 9 heteroatoms. The third-order valence-electron chi connectivity index (χ3n) is 3.93. The molecule has 1 heterocycles. The molecule has 0 atom stereocenters. The van der Waals surface area contributed by atoms with Crippen LogP contribution in [0.15, 0.2) is 42.5 Å². The number of hydrogen-bond donors (Lipinski definition) is 2. The Balaban J connectivity index is 1.80. The lowest BCUT2D eigenvalue weighted by Crippen LogP contribution is -2.33. The van der Waals surface area contributed by atoms with Crippen LogP contribution in [-0.4, -0.2) is 24.5 Å². The summed E-state index contributed by atoms with van der Waals surface area (Å²) in [4.78, 5) is 24.7. The van der Waals surface area contributed by atoms with Crippen LogP contribution in [0, 0.1) is 12.7 Å². The van der Waals surface area contributed by atoms with Crippen LogP contribution >= 0.6 is 11.3 Å². The zero-order valence-corrected chi connectivity index (χ0v) is 15.3. The van der Waals surface area contributed by atoms with Crippen LogP contribution in [0.4, 0.5) is 23.2 Å². The van der Waals surface area contributed by atoms with Gasteiger partial charge in [0.2, 0.25) is 0 Å². The van der Waals surface area contributed by atoms with Gasteiger partial charge in [-0.3, -0.25) is 9.59 Å². The number of aryl methyl sites for hydroxylation is 1. The molecule has 1 aromatic heterocycles. The van der Waals surface area contributed by atoms with Crippen LogP contribution in [-0.2, 0) is 0 Å². The van der Waals surface area contributed by atoms with E-state index in [0.29, 0.717) is 15.6 Å². The molecule has 4 nitrogen and oxygen atoms in total. The summed E-state index contributed by atoms with van der Waals surface area (Å²) in [6, 6.07) is 10.1. The van der Waals surface area contributed by atoms with E-state index in [4.69, 9.17) is 0 Å². The Kier molecular flexibility index (Phi) is 5.37. The van der Waals surface area contributed by atoms with Gasteiger partial charge in [0.25, 0.3) is 11.8 Å². The molecule has 0 unspecified atom stereocenters. The fourth-order valence-corrected chi connectivity index (χ4v) is 3.47. The van der Waals surface area contributed by atoms with E-state index in [0.717, 1.165) is 11.3 Å². The molecule has 0 saturated heterocycles. The van der Waals surface area contributed by atoms with E-state index in [1.54, 1.807) is 24.4 Å². The highest BCUT2D eigenvalue weighted by Gasteiger charge is 2.28. The molecule has 146 valence electrons. The molecule has 0 aliphatic heterocycles. The molecule has 2 amide bonds. The number of fused-ring (bicyclic) bond motifs is 1. The molecule has 0 radical (unpaired) electrons. The van der Waals surface area contributed by atoms with Gasteiger partial charge in [0.05, 0.1) is 4.88 Å². The van der Waals surface area contributed by atoms with E-state index >= 15 is 0 Å². The first kappa shape index (κ1) is 19.8. The Bertz CT molecular complexity index is 1060. The molecule has 0 fully saturated rings. The Morgan fingerprint density at radius 2 is 1.82 bits per heavy atom. The van der Waals surface area contributed by atoms with Gasteiger partial charge >= 0.3 is 6.18 Å². The number of benzene rings is 2. The zero-order valence-electron chi connectivity index (χ0n) is 14.5. The van der Waals surface area contributed by atoms with E-state index in [2.05, 4.69) is 5.32 Å². The van der Waals surface area contributed by atoms with Crippen molar-refractivity contribution in [2.24, 2.45) is 0 Å². The smallest absolute Gasteiger partial charge is 0.343 e. The second kappa shape index (κ2) is 7.59. The number of carbonyl (C=O) groups is 2. The van der Waals surface area contributed by atoms with Crippen LogP contribution in [0.1, 0.15) is 25.6 Å². The highest BCUT2D eigenvalue weighted by molar-refractivity contribution is 7.20. The number of anilines is 1. The Morgan fingerprint density at radius 1 is 1.07 bits per heavy atom. The van der Waals surface area contributed by atoms with Gasteiger partial charge in [-0.25, -0.2) is 4.39 Å². The molecular weight excluding hydrogens is 396 g/mol. The minimum atomic E-state index is -4.52. The zero-order chi connectivity index (χ0) is 20.5. The Labute approximate surface area is 161 Å². The van der Waals surface area contributed by atoms with Crippen LogP contribution in [0.2, 0.25) is 0 Å². The van der Waals surface area contributed by atoms with Gasteiger partial charge in [0.1, 0.15) is 12.4 Å². The van der Waals surface area contributed by atoms with Crippen molar-refractivity contribution in [3.8, 4) is 0 Å². The minimum absolute atomic E-state index is 0.0208. The number of thiophene rings is 1. The molecular formula is C19H14F4N2O2S. The topological polar surface area (TPSA) is 58.2 Å². The Morgan fingerprint density at radius 3 is 2.50 bits per heavy atom. The van der Waals surface area contributed by atoms with Crippen LogP contribution in [0.3, 0.4) is 0 Å². The third kappa shape index (κ3) is 4.48. The fourth-order valence-electron chi connectivity index (χ4n) is 2.50. The maximum Gasteiger partial charge on any atom is 0.405 e. The van der Waals surface area contributed by atoms with Crippen LogP contribution < -0.4 is 10.6 Å². The molecule has 0 aliphatic carbocycles. The average Bonchev–Trinajstić information content (AvgIpc) is 3.07. The highest BCUT2D eigenvalue weighted by Crippen LogP contribution is 2.28. The standard InChI is InChI=1S/C19H14F4N2O2S/c1-10-5-6-11(17(26)24-9-19(21,22)23)7-14(10)25-18(27)16-8-12-13(20)3-2-4-15(12)28-16/h2-8H,9H2,1H3,(H,24,26)(H,25,27).